The molecule has 2 aliphatic heterocycles. The fourth-order valence-electron chi connectivity index (χ4n) is 3.92. The molecule has 0 saturated carbocycles. The topological polar surface area (TPSA) is 64.1 Å². The van der Waals surface area contributed by atoms with Crippen molar-refractivity contribution in [3.63, 3.8) is 0 Å². The number of hydrogen-bond acceptors (Lipinski definition) is 5. The first-order valence-corrected chi connectivity index (χ1v) is 10.8. The van der Waals surface area contributed by atoms with E-state index in [2.05, 4.69) is 4.90 Å². The summed E-state index contributed by atoms with van der Waals surface area (Å²) in [5.74, 6) is 0.168. The van der Waals surface area contributed by atoms with E-state index in [4.69, 9.17) is 0 Å². The molecule has 148 valence electrons. The number of nitrogens with zero attached hydrogens (tertiary/aromatic N) is 3. The van der Waals surface area contributed by atoms with Crippen molar-refractivity contribution in [3.8, 4) is 0 Å². The molecule has 2 atom stereocenters. The monoisotopic (exact) mass is 391 g/mol. The summed E-state index contributed by atoms with van der Waals surface area (Å²) in [4.78, 5) is 32.0. The van der Waals surface area contributed by atoms with Crippen molar-refractivity contribution in [2.24, 2.45) is 0 Å². The minimum atomic E-state index is -0.281. The highest BCUT2D eigenvalue weighted by Crippen LogP contribution is 2.19. The second kappa shape index (κ2) is 9.08. The zero-order valence-electron chi connectivity index (χ0n) is 16.1. The third kappa shape index (κ3) is 5.24. The summed E-state index contributed by atoms with van der Waals surface area (Å²) in [6.07, 6.45) is 2.91. The minimum absolute atomic E-state index is 0.0223. The molecule has 2 saturated heterocycles. The molecule has 2 aliphatic rings. The van der Waals surface area contributed by atoms with Crippen LogP contribution >= 0.6 is 11.8 Å². The second-order valence-electron chi connectivity index (χ2n) is 7.43. The van der Waals surface area contributed by atoms with E-state index in [-0.39, 0.29) is 24.0 Å². The summed E-state index contributed by atoms with van der Waals surface area (Å²) in [6.45, 7) is 5.51. The number of carbonyl (C=O) groups excluding carboxylic acids is 2. The lowest BCUT2D eigenvalue weighted by Crippen LogP contribution is -2.59. The van der Waals surface area contributed by atoms with Gasteiger partial charge >= 0.3 is 0 Å². The summed E-state index contributed by atoms with van der Waals surface area (Å²) in [5.41, 5.74) is 1.02. The number of amides is 2. The first-order chi connectivity index (χ1) is 13.0. The number of aliphatic hydroxyl groups is 1. The number of rotatable bonds is 5. The van der Waals surface area contributed by atoms with Crippen molar-refractivity contribution < 1.29 is 14.7 Å². The number of aliphatic hydroxyl groups excluding tert-OH is 1. The number of carbonyl (C=O) groups is 2. The summed E-state index contributed by atoms with van der Waals surface area (Å²) < 4.78 is 0. The predicted molar refractivity (Wildman–Crippen MR) is 107 cm³/mol. The van der Waals surface area contributed by atoms with Crippen molar-refractivity contribution in [2.75, 3.05) is 45.5 Å². The van der Waals surface area contributed by atoms with Gasteiger partial charge in [-0.1, -0.05) is 12.1 Å². The average molecular weight is 392 g/mol. The van der Waals surface area contributed by atoms with Gasteiger partial charge in [0.25, 0.3) is 0 Å². The minimum Gasteiger partial charge on any atom is -0.392 e. The van der Waals surface area contributed by atoms with Crippen LogP contribution in [0.5, 0.6) is 0 Å². The molecule has 6 nitrogen and oxygen atoms in total. The summed E-state index contributed by atoms with van der Waals surface area (Å²) in [7, 11) is 0. The third-order valence-corrected chi connectivity index (χ3v) is 6.22. The summed E-state index contributed by atoms with van der Waals surface area (Å²) >= 11 is 1.69. The quantitative estimate of drug-likeness (QED) is 0.761. The van der Waals surface area contributed by atoms with Gasteiger partial charge in [-0.3, -0.25) is 14.5 Å². The van der Waals surface area contributed by atoms with Crippen molar-refractivity contribution in [2.45, 2.75) is 36.8 Å². The van der Waals surface area contributed by atoms with Crippen molar-refractivity contribution >= 4 is 23.6 Å². The highest BCUT2D eigenvalue weighted by molar-refractivity contribution is 7.98. The average Bonchev–Trinajstić information content (AvgIpc) is 3.07. The first-order valence-electron chi connectivity index (χ1n) is 9.54. The maximum absolute atomic E-state index is 13.0. The van der Waals surface area contributed by atoms with Crippen LogP contribution in [0.15, 0.2) is 29.2 Å². The van der Waals surface area contributed by atoms with Gasteiger partial charge in [-0.05, 0) is 30.4 Å². The Balaban J connectivity index is 1.67. The Morgan fingerprint density at radius 3 is 2.48 bits per heavy atom. The molecular formula is C20H29N3O3S. The largest absolute Gasteiger partial charge is 0.392 e. The van der Waals surface area contributed by atoms with Gasteiger partial charge in [-0.15, -0.1) is 11.8 Å². The van der Waals surface area contributed by atoms with Gasteiger partial charge in [0.2, 0.25) is 11.8 Å². The Morgan fingerprint density at radius 1 is 1.15 bits per heavy atom. The molecule has 1 aromatic carbocycles. The lowest BCUT2D eigenvalue weighted by Gasteiger charge is -2.42. The highest BCUT2D eigenvalue weighted by atomic mass is 32.2. The van der Waals surface area contributed by atoms with Crippen LogP contribution in [0.4, 0.5) is 0 Å². The fraction of sp³-hybridized carbons (Fsp3) is 0.600. The smallest absolute Gasteiger partial charge is 0.227 e. The fourth-order valence-corrected chi connectivity index (χ4v) is 4.33. The van der Waals surface area contributed by atoms with Crippen LogP contribution in [0.2, 0.25) is 0 Å². The van der Waals surface area contributed by atoms with E-state index >= 15 is 0 Å². The number of benzene rings is 1. The van der Waals surface area contributed by atoms with E-state index in [0.29, 0.717) is 39.1 Å². The summed E-state index contributed by atoms with van der Waals surface area (Å²) in [6, 6.07) is 8.10. The van der Waals surface area contributed by atoms with Crippen molar-refractivity contribution in [3.05, 3.63) is 29.8 Å². The Bertz CT molecular complexity index is 667. The van der Waals surface area contributed by atoms with E-state index in [0.717, 1.165) is 18.5 Å². The molecule has 3 rings (SSSR count). The van der Waals surface area contributed by atoms with Gasteiger partial charge in [-0.2, -0.15) is 0 Å². The second-order valence-corrected chi connectivity index (χ2v) is 8.31. The Morgan fingerprint density at radius 2 is 1.89 bits per heavy atom. The number of β-amino-alcohol motifs (C(OH)–C–C–N with tert-alkyl or cyclic N) is 1. The van der Waals surface area contributed by atoms with Gasteiger partial charge in [-0.25, -0.2) is 0 Å². The molecule has 0 spiro atoms. The number of hydrogen-bond donors (Lipinski definition) is 1. The maximum Gasteiger partial charge on any atom is 0.227 e. The maximum atomic E-state index is 13.0. The number of thioether (sulfide) groups is 1. The third-order valence-electron chi connectivity index (χ3n) is 5.48. The van der Waals surface area contributed by atoms with E-state index in [1.165, 1.54) is 4.90 Å². The van der Waals surface area contributed by atoms with Gasteiger partial charge in [0.05, 0.1) is 18.6 Å². The zero-order chi connectivity index (χ0) is 19.4. The molecule has 27 heavy (non-hydrogen) atoms. The molecule has 0 aromatic heterocycles. The van der Waals surface area contributed by atoms with E-state index in [1.807, 2.05) is 40.3 Å². The van der Waals surface area contributed by atoms with Crippen LogP contribution in [0.1, 0.15) is 18.9 Å². The Hall–Kier alpha value is -1.57. The van der Waals surface area contributed by atoms with Crippen molar-refractivity contribution in [1.82, 2.24) is 14.7 Å². The molecule has 0 aliphatic carbocycles. The van der Waals surface area contributed by atoms with E-state index in [1.54, 1.807) is 18.7 Å². The van der Waals surface area contributed by atoms with Crippen LogP contribution < -0.4 is 0 Å². The van der Waals surface area contributed by atoms with Gasteiger partial charge < -0.3 is 14.9 Å². The molecule has 0 radical (unpaired) electrons. The van der Waals surface area contributed by atoms with Crippen LogP contribution in [0.3, 0.4) is 0 Å². The van der Waals surface area contributed by atoms with Gasteiger partial charge in [0.15, 0.2) is 0 Å². The van der Waals surface area contributed by atoms with Crippen molar-refractivity contribution in [1.29, 1.82) is 0 Å². The van der Waals surface area contributed by atoms with E-state index in [9.17, 15) is 14.7 Å². The molecular weight excluding hydrogens is 362 g/mol. The Kier molecular flexibility index (Phi) is 6.78. The van der Waals surface area contributed by atoms with Crippen LogP contribution in [-0.2, 0) is 16.0 Å². The predicted octanol–water partition coefficient (Wildman–Crippen LogP) is 1.08. The van der Waals surface area contributed by atoms with Gasteiger partial charge in [0, 0.05) is 51.1 Å². The highest BCUT2D eigenvalue weighted by Gasteiger charge is 2.34. The van der Waals surface area contributed by atoms with E-state index < -0.39 is 0 Å². The zero-order valence-corrected chi connectivity index (χ0v) is 17.0. The van der Waals surface area contributed by atoms with Crippen LogP contribution in [0.25, 0.3) is 0 Å². The number of likely N-dealkylation sites (tertiary alicyclic amines) is 1. The molecule has 2 heterocycles. The SMILES string of the molecule is CSc1ccc(CC(=O)N2CCN(C(C)=O)C[C@H]2CN2CC[C@@H](O)C2)cc1. The standard InChI is InChI=1S/C20H29N3O3S/c1-15(24)22-9-10-23(17(13-22)12-21-8-7-18(25)14-21)20(26)11-16-3-5-19(27-2)6-4-16/h3-6,17-18,25H,7-14H2,1-2H3/t17-,18-/m1/s1. The first kappa shape index (κ1) is 20.2. The molecule has 7 heteroatoms. The molecule has 1 aromatic rings. The van der Waals surface area contributed by atoms with Crippen LogP contribution in [-0.4, -0.2) is 89.3 Å². The van der Waals surface area contributed by atoms with Gasteiger partial charge in [0.1, 0.15) is 0 Å². The summed E-state index contributed by atoms with van der Waals surface area (Å²) in [5, 5.41) is 9.79. The molecule has 0 unspecified atom stereocenters. The lowest BCUT2D eigenvalue weighted by molar-refractivity contribution is -0.142. The molecule has 1 N–H and O–H groups in total. The van der Waals surface area contributed by atoms with Crippen LogP contribution in [0, 0.1) is 0 Å². The normalized spacial score (nSPS) is 23.7. The Labute approximate surface area is 165 Å². The molecule has 0 bridgehead atoms. The lowest BCUT2D eigenvalue weighted by atomic mass is 10.1. The molecule has 2 fully saturated rings. The number of piperazine rings is 1. The molecule has 2 amide bonds.